The molecule has 0 bridgehead atoms. The number of carbonyl (C=O) groups is 2. The van der Waals surface area contributed by atoms with E-state index in [9.17, 15) is 14.7 Å². The fourth-order valence-corrected chi connectivity index (χ4v) is 5.05. The van der Waals surface area contributed by atoms with Crippen molar-refractivity contribution in [3.63, 3.8) is 0 Å². The number of hydrogen-bond donors (Lipinski definition) is 1. The van der Waals surface area contributed by atoms with Crippen LogP contribution >= 0.6 is 0 Å². The van der Waals surface area contributed by atoms with E-state index in [1.807, 2.05) is 31.2 Å². The van der Waals surface area contributed by atoms with Crippen molar-refractivity contribution in [2.75, 3.05) is 0 Å². The molecular formula is C22H24O5. The van der Waals surface area contributed by atoms with Gasteiger partial charge in [-0.15, -0.1) is 0 Å². The summed E-state index contributed by atoms with van der Waals surface area (Å²) < 4.78 is 10.7. The molecule has 2 aliphatic rings. The lowest BCUT2D eigenvalue weighted by molar-refractivity contribution is -0.162. The number of aliphatic hydroxyl groups is 1. The van der Waals surface area contributed by atoms with Crippen LogP contribution in [-0.2, 0) is 26.3 Å². The number of rotatable bonds is 2. The van der Waals surface area contributed by atoms with Crippen LogP contribution in [0.3, 0.4) is 0 Å². The van der Waals surface area contributed by atoms with Gasteiger partial charge >= 0.3 is 11.9 Å². The zero-order chi connectivity index (χ0) is 19.4. The molecule has 142 valence electrons. The first-order valence-electron chi connectivity index (χ1n) is 9.39. The molecule has 0 aliphatic heterocycles. The van der Waals surface area contributed by atoms with Crippen LogP contribution in [0, 0.1) is 5.41 Å². The molecule has 0 aromatic heterocycles. The summed E-state index contributed by atoms with van der Waals surface area (Å²) >= 11 is 0. The van der Waals surface area contributed by atoms with Crippen LogP contribution in [0.1, 0.15) is 51.2 Å². The number of esters is 2. The van der Waals surface area contributed by atoms with Crippen LogP contribution in [0.15, 0.2) is 30.3 Å². The fourth-order valence-electron chi connectivity index (χ4n) is 5.05. The van der Waals surface area contributed by atoms with E-state index in [-0.39, 0.29) is 18.0 Å². The minimum Gasteiger partial charge on any atom is -0.462 e. The molecule has 2 aliphatic carbocycles. The molecule has 0 saturated heterocycles. The van der Waals surface area contributed by atoms with Crippen molar-refractivity contribution in [3.05, 3.63) is 41.5 Å². The molecule has 0 unspecified atom stereocenters. The number of ether oxygens (including phenoxy) is 2. The van der Waals surface area contributed by atoms with Gasteiger partial charge in [0, 0.05) is 19.3 Å². The highest BCUT2D eigenvalue weighted by atomic mass is 16.5. The number of benzene rings is 2. The van der Waals surface area contributed by atoms with Crippen LogP contribution in [-0.4, -0.2) is 23.1 Å². The number of hydrogen-bond acceptors (Lipinski definition) is 5. The van der Waals surface area contributed by atoms with E-state index in [1.165, 1.54) is 13.8 Å². The van der Waals surface area contributed by atoms with Crippen LogP contribution in [0.4, 0.5) is 0 Å². The third-order valence-electron chi connectivity index (χ3n) is 6.44. The minimum absolute atomic E-state index is 0.268. The second-order valence-corrected chi connectivity index (χ2v) is 7.98. The lowest BCUT2D eigenvalue weighted by Gasteiger charge is -2.47. The van der Waals surface area contributed by atoms with E-state index in [0.717, 1.165) is 34.7 Å². The average molecular weight is 368 g/mol. The Labute approximate surface area is 158 Å². The topological polar surface area (TPSA) is 72.8 Å². The molecule has 4 rings (SSSR count). The Morgan fingerprint density at radius 1 is 1.11 bits per heavy atom. The summed E-state index contributed by atoms with van der Waals surface area (Å²) in [5.41, 5.74) is 0.560. The van der Waals surface area contributed by atoms with Crippen molar-refractivity contribution in [2.45, 2.75) is 58.2 Å². The molecule has 27 heavy (non-hydrogen) atoms. The van der Waals surface area contributed by atoms with Gasteiger partial charge in [-0.2, -0.15) is 0 Å². The largest absolute Gasteiger partial charge is 0.462 e. The lowest BCUT2D eigenvalue weighted by atomic mass is 9.62. The Bertz CT molecular complexity index is 949. The Morgan fingerprint density at radius 3 is 2.59 bits per heavy atom. The molecular weight excluding hydrogens is 344 g/mol. The molecule has 3 atom stereocenters. The van der Waals surface area contributed by atoms with Gasteiger partial charge in [0.1, 0.15) is 11.9 Å². The molecule has 5 heteroatoms. The van der Waals surface area contributed by atoms with Crippen molar-refractivity contribution in [1.82, 2.24) is 0 Å². The molecule has 1 saturated carbocycles. The van der Waals surface area contributed by atoms with Crippen LogP contribution in [0.2, 0.25) is 0 Å². The van der Waals surface area contributed by atoms with Gasteiger partial charge in [0.2, 0.25) is 0 Å². The summed E-state index contributed by atoms with van der Waals surface area (Å²) in [4.78, 5) is 22.7. The molecule has 5 nitrogen and oxygen atoms in total. The monoisotopic (exact) mass is 368 g/mol. The van der Waals surface area contributed by atoms with E-state index < -0.39 is 11.0 Å². The van der Waals surface area contributed by atoms with E-state index in [2.05, 4.69) is 0 Å². The third kappa shape index (κ3) is 2.64. The maximum Gasteiger partial charge on any atom is 0.308 e. The van der Waals surface area contributed by atoms with Gasteiger partial charge in [0.15, 0.2) is 0 Å². The van der Waals surface area contributed by atoms with Gasteiger partial charge in [0.25, 0.3) is 0 Å². The second kappa shape index (κ2) is 6.06. The first kappa shape index (κ1) is 18.0. The highest BCUT2D eigenvalue weighted by molar-refractivity contribution is 5.89. The Kier molecular flexibility index (Phi) is 4.04. The Morgan fingerprint density at radius 2 is 1.89 bits per heavy atom. The molecule has 0 radical (unpaired) electrons. The van der Waals surface area contributed by atoms with Crippen LogP contribution in [0.5, 0.6) is 5.75 Å². The second-order valence-electron chi connectivity index (χ2n) is 7.98. The summed E-state index contributed by atoms with van der Waals surface area (Å²) in [6, 6.07) is 9.53. The average Bonchev–Trinajstić information content (AvgIpc) is 2.85. The molecule has 2 aromatic carbocycles. The maximum absolute atomic E-state index is 11.7. The van der Waals surface area contributed by atoms with Gasteiger partial charge in [-0.25, -0.2) is 0 Å². The van der Waals surface area contributed by atoms with Crippen molar-refractivity contribution in [1.29, 1.82) is 0 Å². The zero-order valence-electron chi connectivity index (χ0n) is 15.9. The van der Waals surface area contributed by atoms with Crippen LogP contribution < -0.4 is 4.74 Å². The summed E-state index contributed by atoms with van der Waals surface area (Å²) in [6.07, 6.45) is 2.52. The molecule has 1 fully saturated rings. The first-order valence-corrected chi connectivity index (χ1v) is 9.39. The highest BCUT2D eigenvalue weighted by Gasteiger charge is 2.61. The first-order chi connectivity index (χ1) is 12.7. The molecule has 0 spiro atoms. The van der Waals surface area contributed by atoms with Gasteiger partial charge in [-0.3, -0.25) is 9.59 Å². The zero-order valence-corrected chi connectivity index (χ0v) is 15.9. The van der Waals surface area contributed by atoms with Gasteiger partial charge in [-0.1, -0.05) is 25.1 Å². The van der Waals surface area contributed by atoms with Crippen molar-refractivity contribution >= 4 is 22.7 Å². The van der Waals surface area contributed by atoms with Crippen LogP contribution in [0.25, 0.3) is 10.8 Å². The standard InChI is InChI=1S/C22H24O5/c1-13(23)26-16-5-6-17-15(12-16)4-7-19-18(17)8-10-21(3)20(27-14(2)24)9-11-22(19,21)25/h4-7,12,20,25H,8-11H2,1-3H3/t20-,21+,22+/m0/s1. The molecule has 0 amide bonds. The van der Waals surface area contributed by atoms with Crippen molar-refractivity contribution < 1.29 is 24.2 Å². The lowest BCUT2D eigenvalue weighted by Crippen LogP contribution is -2.49. The smallest absolute Gasteiger partial charge is 0.308 e. The minimum atomic E-state index is -1.01. The number of carbonyl (C=O) groups excluding carboxylic acids is 2. The number of aryl methyl sites for hydroxylation is 1. The van der Waals surface area contributed by atoms with E-state index in [1.54, 1.807) is 6.07 Å². The predicted molar refractivity (Wildman–Crippen MR) is 100 cm³/mol. The Hall–Kier alpha value is -2.40. The Balaban J connectivity index is 1.79. The molecule has 0 heterocycles. The maximum atomic E-state index is 11.7. The summed E-state index contributed by atoms with van der Waals surface area (Å²) in [7, 11) is 0. The summed E-state index contributed by atoms with van der Waals surface area (Å²) in [5, 5.41) is 13.7. The summed E-state index contributed by atoms with van der Waals surface area (Å²) in [5.74, 6) is -0.127. The molecule has 2 aromatic rings. The quantitative estimate of drug-likeness (QED) is 0.647. The highest BCUT2D eigenvalue weighted by Crippen LogP contribution is 2.60. The normalized spacial score (nSPS) is 29.1. The van der Waals surface area contributed by atoms with Gasteiger partial charge in [-0.05, 0) is 59.7 Å². The number of fused-ring (bicyclic) bond motifs is 5. The SMILES string of the molecule is CC(=O)Oc1ccc2c3c(ccc2c1)[C@]1(O)CC[C@H](OC(C)=O)[C@@]1(C)CC3. The van der Waals surface area contributed by atoms with E-state index in [0.29, 0.717) is 18.6 Å². The van der Waals surface area contributed by atoms with E-state index in [4.69, 9.17) is 9.47 Å². The predicted octanol–water partition coefficient (Wildman–Crippen LogP) is 3.63. The van der Waals surface area contributed by atoms with Crippen molar-refractivity contribution in [2.24, 2.45) is 5.41 Å². The third-order valence-corrected chi connectivity index (χ3v) is 6.44. The fraction of sp³-hybridized carbons (Fsp3) is 0.455. The summed E-state index contributed by atoms with van der Waals surface area (Å²) in [6.45, 7) is 4.84. The van der Waals surface area contributed by atoms with E-state index >= 15 is 0 Å². The van der Waals surface area contributed by atoms with Gasteiger partial charge < -0.3 is 14.6 Å². The van der Waals surface area contributed by atoms with Crippen molar-refractivity contribution in [3.8, 4) is 5.75 Å². The molecule has 1 N–H and O–H groups in total. The van der Waals surface area contributed by atoms with Gasteiger partial charge in [0.05, 0.1) is 5.60 Å².